The fourth-order valence-electron chi connectivity index (χ4n) is 4.56. The third kappa shape index (κ3) is 3.22. The second-order valence-electron chi connectivity index (χ2n) is 8.75. The van der Waals surface area contributed by atoms with Gasteiger partial charge in [0.05, 0.1) is 17.1 Å². The van der Waals surface area contributed by atoms with Crippen molar-refractivity contribution in [2.75, 3.05) is 28.2 Å². The third-order valence-corrected chi connectivity index (χ3v) is 6.34. The number of rotatable bonds is 3. The first-order chi connectivity index (χ1) is 15.6. The van der Waals surface area contributed by atoms with Crippen LogP contribution in [0.15, 0.2) is 24.3 Å². The van der Waals surface area contributed by atoms with E-state index in [4.69, 9.17) is 0 Å². The van der Waals surface area contributed by atoms with E-state index in [-0.39, 0.29) is 24.0 Å². The molecule has 1 saturated heterocycles. The van der Waals surface area contributed by atoms with E-state index in [2.05, 4.69) is 35.7 Å². The number of hydrogen-bond acceptors (Lipinski definition) is 6. The van der Waals surface area contributed by atoms with Crippen molar-refractivity contribution in [2.24, 2.45) is 0 Å². The average molecular weight is 432 g/mol. The molecule has 0 radical (unpaired) electrons. The molecule has 3 N–H and O–H groups in total. The zero-order valence-corrected chi connectivity index (χ0v) is 17.8. The molecule has 0 spiro atoms. The van der Waals surface area contributed by atoms with Crippen LogP contribution < -0.4 is 20.4 Å². The lowest BCUT2D eigenvalue weighted by Gasteiger charge is -2.45. The lowest BCUT2D eigenvalue weighted by molar-refractivity contribution is 0.0946. The summed E-state index contributed by atoms with van der Waals surface area (Å²) in [7, 11) is 0. The number of fused-ring (bicyclic) bond motifs is 5. The number of anilines is 3. The fraction of sp³-hybridized carbons (Fsp3) is 0.409. The maximum Gasteiger partial charge on any atom is 0.329 e. The molecule has 2 aliphatic heterocycles. The first-order valence-electron chi connectivity index (χ1n) is 11.1. The van der Waals surface area contributed by atoms with Crippen molar-refractivity contribution in [1.29, 1.82) is 0 Å². The summed E-state index contributed by atoms with van der Waals surface area (Å²) in [5, 5.41) is 13.8. The highest BCUT2D eigenvalue weighted by atomic mass is 16.2. The van der Waals surface area contributed by atoms with E-state index in [9.17, 15) is 9.59 Å². The van der Waals surface area contributed by atoms with Crippen molar-refractivity contribution < 1.29 is 9.59 Å². The van der Waals surface area contributed by atoms with E-state index in [1.54, 1.807) is 11.0 Å². The number of aromatic nitrogens is 4. The third-order valence-electron chi connectivity index (χ3n) is 6.34. The van der Waals surface area contributed by atoms with Crippen molar-refractivity contribution in [3.63, 3.8) is 0 Å². The summed E-state index contributed by atoms with van der Waals surface area (Å²) in [6, 6.07) is 7.35. The number of aryl methyl sites for hydroxylation is 1. The monoisotopic (exact) mass is 432 g/mol. The van der Waals surface area contributed by atoms with Crippen LogP contribution in [0.2, 0.25) is 0 Å². The van der Waals surface area contributed by atoms with E-state index < -0.39 is 0 Å². The number of nitrogens with zero attached hydrogens (tertiary/aromatic N) is 5. The van der Waals surface area contributed by atoms with E-state index in [1.807, 2.05) is 25.1 Å². The summed E-state index contributed by atoms with van der Waals surface area (Å²) in [6.07, 6.45) is 3.89. The number of urea groups is 1. The number of piperidine rings is 1. The number of hydrogen-bond donors (Lipinski definition) is 3. The Morgan fingerprint density at radius 1 is 1.12 bits per heavy atom. The Morgan fingerprint density at radius 3 is 2.84 bits per heavy atom. The smallest absolute Gasteiger partial charge is 0.329 e. The summed E-state index contributed by atoms with van der Waals surface area (Å²) in [5.74, 6) is 0.761. The quantitative estimate of drug-likeness (QED) is 0.585. The highest BCUT2D eigenvalue weighted by Gasteiger charge is 2.39. The van der Waals surface area contributed by atoms with Gasteiger partial charge in [-0.05, 0) is 56.9 Å². The van der Waals surface area contributed by atoms with Gasteiger partial charge in [-0.15, -0.1) is 0 Å². The van der Waals surface area contributed by atoms with Crippen molar-refractivity contribution in [3.8, 4) is 0 Å². The van der Waals surface area contributed by atoms with Gasteiger partial charge in [-0.1, -0.05) is 0 Å². The highest BCUT2D eigenvalue weighted by molar-refractivity contribution is 6.07. The van der Waals surface area contributed by atoms with Crippen LogP contribution >= 0.6 is 0 Å². The van der Waals surface area contributed by atoms with Crippen LogP contribution in [0.4, 0.5) is 22.1 Å². The Morgan fingerprint density at radius 2 is 2.00 bits per heavy atom. The second kappa shape index (κ2) is 7.18. The fourth-order valence-corrected chi connectivity index (χ4v) is 4.56. The molecular formula is C22H24N8O2. The van der Waals surface area contributed by atoms with Crippen molar-refractivity contribution >= 4 is 40.3 Å². The number of amides is 3. The molecule has 0 unspecified atom stereocenters. The van der Waals surface area contributed by atoms with Crippen LogP contribution in [-0.2, 0) is 0 Å². The lowest BCUT2D eigenvalue weighted by Crippen LogP contribution is -2.56. The van der Waals surface area contributed by atoms with Crippen LogP contribution in [0, 0.1) is 6.92 Å². The number of carbonyl (C=O) groups excluding carboxylic acids is 2. The minimum Gasteiger partial charge on any atom is -0.366 e. The molecule has 1 atom stereocenters. The lowest BCUT2D eigenvalue weighted by atomic mass is 9.99. The van der Waals surface area contributed by atoms with E-state index in [1.165, 1.54) is 0 Å². The summed E-state index contributed by atoms with van der Waals surface area (Å²) in [5.41, 5.74) is 2.70. The van der Waals surface area contributed by atoms with Crippen molar-refractivity contribution in [1.82, 2.24) is 25.5 Å². The van der Waals surface area contributed by atoms with E-state index >= 15 is 0 Å². The van der Waals surface area contributed by atoms with Crippen LogP contribution in [0.5, 0.6) is 0 Å². The Kier molecular flexibility index (Phi) is 4.27. The van der Waals surface area contributed by atoms with Crippen LogP contribution in [0.3, 0.4) is 0 Å². The molecule has 3 aliphatic rings. The van der Waals surface area contributed by atoms with Gasteiger partial charge in [-0.2, -0.15) is 5.10 Å². The molecule has 3 aromatic heterocycles. The van der Waals surface area contributed by atoms with Crippen LogP contribution in [0.1, 0.15) is 41.9 Å². The average Bonchev–Trinajstić information content (AvgIpc) is 3.52. The van der Waals surface area contributed by atoms with Gasteiger partial charge in [0.1, 0.15) is 5.69 Å². The predicted octanol–water partition coefficient (Wildman–Crippen LogP) is 2.57. The molecule has 1 saturated carbocycles. The van der Waals surface area contributed by atoms with Crippen molar-refractivity contribution in [2.45, 2.75) is 44.7 Å². The van der Waals surface area contributed by atoms with Gasteiger partial charge in [-0.25, -0.2) is 14.8 Å². The van der Waals surface area contributed by atoms with Gasteiger partial charge in [0, 0.05) is 24.8 Å². The van der Waals surface area contributed by atoms with Crippen LogP contribution in [0.25, 0.3) is 11.0 Å². The van der Waals surface area contributed by atoms with E-state index in [0.717, 1.165) is 55.5 Å². The standard InChI is InChI=1S/C22H24N8O2/c1-12-4-7-15-18(23-12)27-28-19(15)26-22(32)30-14-3-2-10-29(11-14)17-9-8-16(25-20(17)30)21(31)24-13-5-6-13/h4,7-9,13-14H,2-3,5-6,10-11H2,1H3,(H,24,31)(H2,23,26,27,28,32)/t14-/m0/s1. The molecule has 164 valence electrons. The molecule has 0 aromatic carbocycles. The van der Waals surface area contributed by atoms with Gasteiger partial charge < -0.3 is 10.2 Å². The molecule has 32 heavy (non-hydrogen) atoms. The van der Waals surface area contributed by atoms with E-state index in [0.29, 0.717) is 23.0 Å². The zero-order valence-electron chi connectivity index (χ0n) is 17.8. The molecule has 2 bridgehead atoms. The summed E-state index contributed by atoms with van der Waals surface area (Å²) in [4.78, 5) is 39.1. The highest BCUT2D eigenvalue weighted by Crippen LogP contribution is 2.38. The number of nitrogens with one attached hydrogen (secondary N) is 3. The van der Waals surface area contributed by atoms with Gasteiger partial charge >= 0.3 is 6.03 Å². The maximum atomic E-state index is 13.5. The zero-order chi connectivity index (χ0) is 21.8. The number of carbonyl (C=O) groups is 2. The van der Waals surface area contributed by atoms with Gasteiger partial charge in [0.2, 0.25) is 0 Å². The Balaban J connectivity index is 1.35. The van der Waals surface area contributed by atoms with Gasteiger partial charge in [0.15, 0.2) is 17.3 Å². The Hall–Kier alpha value is -3.69. The van der Waals surface area contributed by atoms with Gasteiger partial charge in [-0.3, -0.25) is 20.1 Å². The normalized spacial score (nSPS) is 19.6. The maximum absolute atomic E-state index is 13.5. The molecule has 3 amide bonds. The first kappa shape index (κ1) is 19.0. The molecule has 10 heteroatoms. The minimum atomic E-state index is -0.306. The molecule has 3 aromatic rings. The number of aromatic amines is 1. The molecule has 5 heterocycles. The molecule has 10 nitrogen and oxygen atoms in total. The van der Waals surface area contributed by atoms with Crippen LogP contribution in [-0.4, -0.2) is 57.3 Å². The summed E-state index contributed by atoms with van der Waals surface area (Å²) in [6.45, 7) is 3.57. The Bertz CT molecular complexity index is 1230. The minimum absolute atomic E-state index is 0.0175. The van der Waals surface area contributed by atoms with Crippen molar-refractivity contribution in [3.05, 3.63) is 35.7 Å². The molecule has 1 aliphatic carbocycles. The topological polar surface area (TPSA) is 119 Å². The molecule has 6 rings (SSSR count). The number of H-pyrrole nitrogens is 1. The Labute approximate surface area is 184 Å². The first-order valence-corrected chi connectivity index (χ1v) is 11.1. The number of pyridine rings is 2. The summed E-state index contributed by atoms with van der Waals surface area (Å²) >= 11 is 0. The molecule has 2 fully saturated rings. The second-order valence-corrected chi connectivity index (χ2v) is 8.75. The molecular weight excluding hydrogens is 408 g/mol. The summed E-state index contributed by atoms with van der Waals surface area (Å²) < 4.78 is 0. The predicted molar refractivity (Wildman–Crippen MR) is 120 cm³/mol. The largest absolute Gasteiger partial charge is 0.366 e. The SMILES string of the molecule is Cc1ccc2c(NC(=O)N3c4nc(C(=O)NC5CC5)ccc4N4CCC[C@H]3C4)n[nH]c2n1. The van der Waals surface area contributed by atoms with Gasteiger partial charge in [0.25, 0.3) is 5.91 Å².